The van der Waals surface area contributed by atoms with Crippen molar-refractivity contribution in [2.24, 2.45) is 0 Å². The number of nitrogens with one attached hydrogen (secondary N) is 1. The van der Waals surface area contributed by atoms with E-state index in [1.165, 1.54) is 11.3 Å². The van der Waals surface area contributed by atoms with Crippen LogP contribution in [0.25, 0.3) is 10.8 Å². The first-order valence-corrected chi connectivity index (χ1v) is 9.88. The van der Waals surface area contributed by atoms with Gasteiger partial charge in [-0.2, -0.15) is 0 Å². The Morgan fingerprint density at radius 3 is 2.43 bits per heavy atom. The number of thiazole rings is 1. The third kappa shape index (κ3) is 2.99. The minimum atomic E-state index is -0.399. The molecule has 1 N–H and O–H groups in total. The smallest absolute Gasteiger partial charge is 0.275 e. The van der Waals surface area contributed by atoms with Crippen LogP contribution in [0.2, 0.25) is 0 Å². The van der Waals surface area contributed by atoms with Gasteiger partial charge in [-0.05, 0) is 42.5 Å². The highest BCUT2D eigenvalue weighted by atomic mass is 32.1. The Morgan fingerprint density at radius 2 is 1.73 bits per heavy atom. The lowest BCUT2D eigenvalue weighted by Crippen LogP contribution is -2.29. The number of hydrogen-bond donors (Lipinski definition) is 1. The molecular weight excluding hydrogens is 402 g/mol. The van der Waals surface area contributed by atoms with Gasteiger partial charge in [0.25, 0.3) is 17.7 Å². The monoisotopic (exact) mass is 415 g/mol. The largest absolute Gasteiger partial charge is 0.462 e. The van der Waals surface area contributed by atoms with Crippen molar-refractivity contribution in [2.75, 3.05) is 10.2 Å². The van der Waals surface area contributed by atoms with Gasteiger partial charge in [0.2, 0.25) is 0 Å². The Kier molecular flexibility index (Phi) is 4.26. The Bertz CT molecular complexity index is 1260. The van der Waals surface area contributed by atoms with Crippen molar-refractivity contribution in [1.82, 2.24) is 4.98 Å². The van der Waals surface area contributed by atoms with E-state index in [0.717, 1.165) is 4.90 Å². The normalized spacial score (nSPS) is 12.9. The molecule has 3 amide bonds. The van der Waals surface area contributed by atoms with Gasteiger partial charge in [0.15, 0.2) is 10.8 Å². The number of benzene rings is 2. The number of fused-ring (bicyclic) bond motifs is 1. The number of imide groups is 1. The summed E-state index contributed by atoms with van der Waals surface area (Å²) < 4.78 is 5.30. The minimum absolute atomic E-state index is 0.248. The van der Waals surface area contributed by atoms with Crippen LogP contribution in [-0.4, -0.2) is 22.7 Å². The average molecular weight is 415 g/mol. The zero-order chi connectivity index (χ0) is 20.7. The molecule has 1 aliphatic heterocycles. The third-order valence-corrected chi connectivity index (χ3v) is 5.48. The first kappa shape index (κ1) is 18.0. The predicted octanol–water partition coefficient (Wildman–Crippen LogP) is 4.46. The van der Waals surface area contributed by atoms with E-state index in [0.29, 0.717) is 33.3 Å². The molecule has 30 heavy (non-hydrogen) atoms. The molecule has 0 radical (unpaired) electrons. The molecule has 0 unspecified atom stereocenters. The summed E-state index contributed by atoms with van der Waals surface area (Å²) in [6.07, 6.45) is 1.54. The number of furan rings is 1. The summed E-state index contributed by atoms with van der Waals surface area (Å²) in [6, 6.07) is 16.8. The summed E-state index contributed by atoms with van der Waals surface area (Å²) in [5.41, 5.74) is 1.81. The number of carbonyl (C=O) groups is 3. The van der Waals surface area contributed by atoms with Gasteiger partial charge >= 0.3 is 0 Å². The first-order chi connectivity index (χ1) is 14.6. The van der Waals surface area contributed by atoms with Crippen LogP contribution in [0.5, 0.6) is 0 Å². The molecule has 4 aromatic rings. The molecule has 0 atom stereocenters. The van der Waals surface area contributed by atoms with E-state index in [1.54, 1.807) is 72.3 Å². The Hall–Kier alpha value is -4.04. The first-order valence-electron chi connectivity index (χ1n) is 9.00. The fourth-order valence-corrected chi connectivity index (χ4v) is 4.00. The SMILES string of the molecule is O=C(Nc1cccc(N2C(=O)c3ccccc3C2=O)c1)c1csc(-c2ccco2)n1. The van der Waals surface area contributed by atoms with Gasteiger partial charge in [-0.25, -0.2) is 9.88 Å². The maximum absolute atomic E-state index is 12.7. The zero-order valence-corrected chi connectivity index (χ0v) is 16.2. The van der Waals surface area contributed by atoms with Crippen molar-refractivity contribution in [2.45, 2.75) is 0 Å². The van der Waals surface area contributed by atoms with Gasteiger partial charge in [0.1, 0.15) is 5.69 Å². The lowest BCUT2D eigenvalue weighted by atomic mass is 10.1. The molecule has 0 bridgehead atoms. The number of rotatable bonds is 4. The lowest BCUT2D eigenvalue weighted by molar-refractivity contribution is 0.0925. The zero-order valence-electron chi connectivity index (χ0n) is 15.4. The molecule has 0 aliphatic carbocycles. The number of hydrogen-bond acceptors (Lipinski definition) is 6. The van der Waals surface area contributed by atoms with Crippen molar-refractivity contribution in [3.8, 4) is 10.8 Å². The van der Waals surface area contributed by atoms with Gasteiger partial charge < -0.3 is 9.73 Å². The van der Waals surface area contributed by atoms with Crippen LogP contribution in [0, 0.1) is 0 Å². The van der Waals surface area contributed by atoms with Gasteiger partial charge in [-0.1, -0.05) is 18.2 Å². The van der Waals surface area contributed by atoms with Crippen LogP contribution in [0.3, 0.4) is 0 Å². The summed E-state index contributed by atoms with van der Waals surface area (Å²) in [4.78, 5) is 43.4. The van der Waals surface area contributed by atoms with Crippen molar-refractivity contribution < 1.29 is 18.8 Å². The second-order valence-electron chi connectivity index (χ2n) is 6.51. The lowest BCUT2D eigenvalue weighted by Gasteiger charge is -2.15. The minimum Gasteiger partial charge on any atom is -0.462 e. The molecule has 0 saturated carbocycles. The van der Waals surface area contributed by atoms with Crippen molar-refractivity contribution in [3.05, 3.63) is 89.1 Å². The highest BCUT2D eigenvalue weighted by Gasteiger charge is 2.36. The van der Waals surface area contributed by atoms with Gasteiger partial charge in [0.05, 0.1) is 23.1 Å². The Labute approximate surface area is 174 Å². The standard InChI is InChI=1S/C22H13N3O4S/c26-19(17-12-30-20(24-17)18-9-4-10-29-18)23-13-5-3-6-14(11-13)25-21(27)15-7-1-2-8-16(15)22(25)28/h1-12H,(H,23,26). The van der Waals surface area contributed by atoms with E-state index in [-0.39, 0.29) is 17.5 Å². The van der Waals surface area contributed by atoms with Gasteiger partial charge in [-0.15, -0.1) is 11.3 Å². The van der Waals surface area contributed by atoms with Crippen molar-refractivity contribution in [1.29, 1.82) is 0 Å². The molecule has 0 saturated heterocycles. The fraction of sp³-hybridized carbons (Fsp3) is 0. The van der Waals surface area contributed by atoms with E-state index < -0.39 is 5.91 Å². The van der Waals surface area contributed by atoms with Crippen LogP contribution in [0.1, 0.15) is 31.2 Å². The number of amides is 3. The molecule has 146 valence electrons. The molecule has 3 heterocycles. The maximum atomic E-state index is 12.7. The summed E-state index contributed by atoms with van der Waals surface area (Å²) in [7, 11) is 0. The number of aromatic nitrogens is 1. The Balaban J connectivity index is 1.38. The molecule has 8 heteroatoms. The predicted molar refractivity (Wildman–Crippen MR) is 112 cm³/mol. The van der Waals surface area contributed by atoms with Gasteiger partial charge in [-0.3, -0.25) is 14.4 Å². The van der Waals surface area contributed by atoms with Crippen LogP contribution < -0.4 is 10.2 Å². The number of nitrogens with zero attached hydrogens (tertiary/aromatic N) is 2. The van der Waals surface area contributed by atoms with Crippen LogP contribution >= 0.6 is 11.3 Å². The molecule has 0 fully saturated rings. The number of carbonyl (C=O) groups excluding carboxylic acids is 3. The fourth-order valence-electron chi connectivity index (χ4n) is 3.23. The molecule has 2 aromatic heterocycles. The third-order valence-electron chi connectivity index (χ3n) is 4.63. The van der Waals surface area contributed by atoms with Crippen LogP contribution in [0.4, 0.5) is 11.4 Å². The number of anilines is 2. The van der Waals surface area contributed by atoms with Crippen LogP contribution in [-0.2, 0) is 0 Å². The van der Waals surface area contributed by atoms with E-state index >= 15 is 0 Å². The summed E-state index contributed by atoms with van der Waals surface area (Å²) >= 11 is 1.30. The van der Waals surface area contributed by atoms with E-state index in [1.807, 2.05) is 0 Å². The molecule has 2 aromatic carbocycles. The van der Waals surface area contributed by atoms with Crippen molar-refractivity contribution in [3.63, 3.8) is 0 Å². The molecule has 7 nitrogen and oxygen atoms in total. The molecule has 1 aliphatic rings. The quantitative estimate of drug-likeness (QED) is 0.497. The molecular formula is C22H13N3O4S. The maximum Gasteiger partial charge on any atom is 0.275 e. The molecule has 5 rings (SSSR count). The van der Waals surface area contributed by atoms with E-state index in [4.69, 9.17) is 4.42 Å². The topological polar surface area (TPSA) is 92.5 Å². The van der Waals surface area contributed by atoms with E-state index in [2.05, 4.69) is 10.3 Å². The summed E-state index contributed by atoms with van der Waals surface area (Å²) in [5.74, 6) is -0.585. The van der Waals surface area contributed by atoms with Gasteiger partial charge in [0, 0.05) is 11.1 Å². The van der Waals surface area contributed by atoms with Crippen molar-refractivity contribution >= 4 is 40.4 Å². The van der Waals surface area contributed by atoms with E-state index in [9.17, 15) is 14.4 Å². The highest BCUT2D eigenvalue weighted by Crippen LogP contribution is 2.30. The average Bonchev–Trinajstić information content (AvgIpc) is 3.49. The molecule has 0 spiro atoms. The highest BCUT2D eigenvalue weighted by molar-refractivity contribution is 7.13. The summed E-state index contributed by atoms with van der Waals surface area (Å²) in [5, 5.41) is 5.00. The summed E-state index contributed by atoms with van der Waals surface area (Å²) in [6.45, 7) is 0. The second kappa shape index (κ2) is 7.09. The second-order valence-corrected chi connectivity index (χ2v) is 7.37. The van der Waals surface area contributed by atoms with Crippen LogP contribution in [0.15, 0.2) is 76.7 Å². The Morgan fingerprint density at radius 1 is 0.967 bits per heavy atom.